The summed E-state index contributed by atoms with van der Waals surface area (Å²) < 4.78 is 25.4. The molecule has 0 saturated carbocycles. The number of phenolic OH excluding ortho intramolecular Hbond substituents is 1. The first-order valence-corrected chi connectivity index (χ1v) is 6.53. The summed E-state index contributed by atoms with van der Waals surface area (Å²) in [5.41, 5.74) is 0. The van der Waals surface area contributed by atoms with Gasteiger partial charge in [-0.2, -0.15) is 0 Å². The van der Waals surface area contributed by atoms with Crippen LogP contribution in [-0.4, -0.2) is 31.4 Å². The fourth-order valence-electron chi connectivity index (χ4n) is 1.41. The van der Waals surface area contributed by atoms with Crippen LogP contribution >= 0.6 is 0 Å². The maximum absolute atomic E-state index is 12.0. The molecule has 16 heavy (non-hydrogen) atoms. The van der Waals surface area contributed by atoms with E-state index in [1.807, 2.05) is 13.8 Å². The van der Waals surface area contributed by atoms with E-state index >= 15 is 0 Å². The molecule has 0 unspecified atom stereocenters. The Labute approximate surface area is 96.6 Å². The normalized spacial score (nSPS) is 12.3. The van der Waals surface area contributed by atoms with Gasteiger partial charge in [0.1, 0.15) is 5.75 Å². The summed E-state index contributed by atoms with van der Waals surface area (Å²) in [6.45, 7) is 4.40. The summed E-state index contributed by atoms with van der Waals surface area (Å²) in [5.74, 6) is 0.336. The van der Waals surface area contributed by atoms with Crippen LogP contribution < -0.4 is 0 Å². The molecule has 0 aliphatic carbocycles. The average Bonchev–Trinajstić information content (AvgIpc) is 2.17. The van der Waals surface area contributed by atoms with Gasteiger partial charge >= 0.3 is 0 Å². The predicted octanol–water partition coefficient (Wildman–Crippen LogP) is 1.67. The SMILES string of the molecule is CC(C)CN(C)S(=O)(=O)c1ccc(O)cc1. The molecule has 0 aliphatic rings. The zero-order chi connectivity index (χ0) is 12.3. The predicted molar refractivity (Wildman–Crippen MR) is 62.8 cm³/mol. The average molecular weight is 243 g/mol. The van der Waals surface area contributed by atoms with Crippen molar-refractivity contribution in [2.75, 3.05) is 13.6 Å². The Balaban J connectivity index is 2.97. The van der Waals surface area contributed by atoms with E-state index in [1.165, 1.54) is 28.6 Å². The van der Waals surface area contributed by atoms with E-state index in [0.29, 0.717) is 6.54 Å². The molecule has 0 spiro atoms. The molecule has 0 amide bonds. The third-order valence-electron chi connectivity index (χ3n) is 2.17. The molecule has 0 aromatic heterocycles. The molecular formula is C11H17NO3S. The molecule has 1 N–H and O–H groups in total. The molecular weight excluding hydrogens is 226 g/mol. The number of sulfonamides is 1. The molecule has 0 fully saturated rings. The quantitative estimate of drug-likeness (QED) is 0.875. The first-order chi connectivity index (χ1) is 7.34. The first kappa shape index (κ1) is 13.0. The smallest absolute Gasteiger partial charge is 0.242 e. The van der Waals surface area contributed by atoms with Crippen LogP contribution in [0.2, 0.25) is 0 Å². The van der Waals surface area contributed by atoms with Crippen molar-refractivity contribution in [3.63, 3.8) is 0 Å². The van der Waals surface area contributed by atoms with Crippen molar-refractivity contribution in [1.82, 2.24) is 4.31 Å². The highest BCUT2D eigenvalue weighted by molar-refractivity contribution is 7.89. The van der Waals surface area contributed by atoms with E-state index in [9.17, 15) is 8.42 Å². The van der Waals surface area contributed by atoms with Gasteiger partial charge in [-0.3, -0.25) is 0 Å². The number of hydrogen-bond acceptors (Lipinski definition) is 3. The lowest BCUT2D eigenvalue weighted by molar-refractivity contribution is 0.417. The largest absolute Gasteiger partial charge is 0.508 e. The lowest BCUT2D eigenvalue weighted by atomic mass is 10.2. The van der Waals surface area contributed by atoms with Crippen LogP contribution in [0.1, 0.15) is 13.8 Å². The van der Waals surface area contributed by atoms with Gasteiger partial charge in [0.2, 0.25) is 10.0 Å². The summed E-state index contributed by atoms with van der Waals surface area (Å²) >= 11 is 0. The van der Waals surface area contributed by atoms with Crippen molar-refractivity contribution in [2.45, 2.75) is 18.7 Å². The Bertz CT molecular complexity index is 437. The van der Waals surface area contributed by atoms with E-state index < -0.39 is 10.0 Å². The van der Waals surface area contributed by atoms with Crippen LogP contribution in [0.5, 0.6) is 5.75 Å². The van der Waals surface area contributed by atoms with Crippen LogP contribution in [0.3, 0.4) is 0 Å². The Kier molecular flexibility index (Phi) is 3.93. The van der Waals surface area contributed by atoms with Crippen molar-refractivity contribution in [3.8, 4) is 5.75 Å². The molecule has 90 valence electrons. The molecule has 0 heterocycles. The van der Waals surface area contributed by atoms with E-state index in [-0.39, 0.29) is 16.6 Å². The number of phenols is 1. The van der Waals surface area contributed by atoms with E-state index in [2.05, 4.69) is 0 Å². The van der Waals surface area contributed by atoms with Gasteiger partial charge in [-0.25, -0.2) is 12.7 Å². The van der Waals surface area contributed by atoms with E-state index in [4.69, 9.17) is 5.11 Å². The zero-order valence-corrected chi connectivity index (χ0v) is 10.5. The maximum atomic E-state index is 12.0. The van der Waals surface area contributed by atoms with Crippen LogP contribution in [0.4, 0.5) is 0 Å². The third-order valence-corrected chi connectivity index (χ3v) is 4.00. The highest BCUT2D eigenvalue weighted by atomic mass is 32.2. The van der Waals surface area contributed by atoms with Gasteiger partial charge in [0.05, 0.1) is 4.90 Å². The summed E-state index contributed by atoms with van der Waals surface area (Å²) in [6, 6.07) is 5.55. The maximum Gasteiger partial charge on any atom is 0.242 e. The highest BCUT2D eigenvalue weighted by Gasteiger charge is 2.20. The molecule has 0 radical (unpaired) electrons. The minimum Gasteiger partial charge on any atom is -0.508 e. The third kappa shape index (κ3) is 2.96. The summed E-state index contributed by atoms with van der Waals surface area (Å²) in [4.78, 5) is 0.202. The number of nitrogens with zero attached hydrogens (tertiary/aromatic N) is 1. The molecule has 1 aromatic carbocycles. The molecule has 0 saturated heterocycles. The van der Waals surface area contributed by atoms with Crippen molar-refractivity contribution in [2.24, 2.45) is 5.92 Å². The second kappa shape index (κ2) is 4.84. The van der Waals surface area contributed by atoms with Crippen molar-refractivity contribution < 1.29 is 13.5 Å². The fraction of sp³-hybridized carbons (Fsp3) is 0.455. The molecule has 1 aromatic rings. The van der Waals surface area contributed by atoms with E-state index in [1.54, 1.807) is 7.05 Å². The minimum absolute atomic E-state index is 0.0606. The molecule has 0 bridgehead atoms. The molecule has 0 aliphatic heterocycles. The Morgan fingerprint density at radius 3 is 2.19 bits per heavy atom. The second-order valence-corrected chi connectivity index (χ2v) is 6.22. The standard InChI is InChI=1S/C11H17NO3S/c1-9(2)8-12(3)16(14,15)11-6-4-10(13)5-7-11/h4-7,9,13H,8H2,1-3H3. The number of hydrogen-bond donors (Lipinski definition) is 1. The number of benzene rings is 1. The lowest BCUT2D eigenvalue weighted by Crippen LogP contribution is -2.30. The van der Waals surface area contributed by atoms with Crippen LogP contribution in [-0.2, 0) is 10.0 Å². The van der Waals surface area contributed by atoms with Crippen molar-refractivity contribution >= 4 is 10.0 Å². The van der Waals surface area contributed by atoms with Gasteiger partial charge in [-0.15, -0.1) is 0 Å². The first-order valence-electron chi connectivity index (χ1n) is 5.09. The Morgan fingerprint density at radius 2 is 1.75 bits per heavy atom. The summed E-state index contributed by atoms with van der Waals surface area (Å²) in [6.07, 6.45) is 0. The van der Waals surface area contributed by atoms with Gasteiger partial charge in [-0.1, -0.05) is 13.8 Å². The molecule has 0 atom stereocenters. The second-order valence-electron chi connectivity index (χ2n) is 4.17. The number of rotatable bonds is 4. The fourth-order valence-corrected chi connectivity index (χ4v) is 2.74. The van der Waals surface area contributed by atoms with Gasteiger partial charge < -0.3 is 5.11 Å². The van der Waals surface area contributed by atoms with Crippen molar-refractivity contribution in [3.05, 3.63) is 24.3 Å². The van der Waals surface area contributed by atoms with E-state index in [0.717, 1.165) is 0 Å². The van der Waals surface area contributed by atoms with Gasteiger partial charge in [0, 0.05) is 13.6 Å². The van der Waals surface area contributed by atoms with Gasteiger partial charge in [0.25, 0.3) is 0 Å². The molecule has 5 heteroatoms. The van der Waals surface area contributed by atoms with Gasteiger partial charge in [-0.05, 0) is 30.2 Å². The Morgan fingerprint density at radius 1 is 1.25 bits per heavy atom. The molecule has 4 nitrogen and oxygen atoms in total. The zero-order valence-electron chi connectivity index (χ0n) is 9.71. The number of aromatic hydroxyl groups is 1. The monoisotopic (exact) mass is 243 g/mol. The minimum atomic E-state index is -3.43. The van der Waals surface area contributed by atoms with Gasteiger partial charge in [0.15, 0.2) is 0 Å². The Hall–Kier alpha value is -1.07. The topological polar surface area (TPSA) is 57.6 Å². The van der Waals surface area contributed by atoms with Crippen molar-refractivity contribution in [1.29, 1.82) is 0 Å². The van der Waals surface area contributed by atoms with Crippen LogP contribution in [0.25, 0.3) is 0 Å². The van der Waals surface area contributed by atoms with Crippen LogP contribution in [0, 0.1) is 5.92 Å². The lowest BCUT2D eigenvalue weighted by Gasteiger charge is -2.19. The summed E-state index contributed by atoms with van der Waals surface area (Å²) in [7, 11) is -1.87. The highest BCUT2D eigenvalue weighted by Crippen LogP contribution is 2.18. The van der Waals surface area contributed by atoms with Crippen LogP contribution in [0.15, 0.2) is 29.2 Å². The summed E-state index contributed by atoms with van der Waals surface area (Å²) in [5, 5.41) is 9.10. The molecule has 1 rings (SSSR count).